The Balaban J connectivity index is 1.62. The Labute approximate surface area is 180 Å². The molecule has 1 amide bonds. The number of carbonyl (C=O) groups excluding carboxylic acids is 1. The van der Waals surface area contributed by atoms with E-state index >= 15 is 0 Å². The molecule has 0 atom stereocenters. The topological polar surface area (TPSA) is 71.1 Å². The van der Waals surface area contributed by atoms with E-state index in [1.165, 1.54) is 11.8 Å². The van der Waals surface area contributed by atoms with Crippen molar-refractivity contribution in [1.82, 2.24) is 20.1 Å². The van der Waals surface area contributed by atoms with Gasteiger partial charge in [-0.1, -0.05) is 57.5 Å². The highest BCUT2D eigenvalue weighted by atomic mass is 79.9. The van der Waals surface area contributed by atoms with Crippen LogP contribution in [0.5, 0.6) is 5.75 Å². The lowest BCUT2D eigenvalue weighted by Crippen LogP contribution is -2.27. The van der Waals surface area contributed by atoms with Crippen LogP contribution < -0.4 is 4.74 Å². The van der Waals surface area contributed by atoms with Crippen LogP contribution in [0.4, 0.5) is 0 Å². The molecule has 0 saturated heterocycles. The molecule has 0 saturated carbocycles. The molecule has 0 radical (unpaired) electrons. The summed E-state index contributed by atoms with van der Waals surface area (Å²) in [6.45, 7) is 0.528. The number of ether oxygens (including phenoxy) is 1. The number of aromatic nitrogens is 3. The van der Waals surface area contributed by atoms with Crippen molar-refractivity contribution >= 4 is 45.2 Å². The van der Waals surface area contributed by atoms with Crippen molar-refractivity contribution in [3.05, 3.63) is 57.5 Å². The van der Waals surface area contributed by atoms with Gasteiger partial charge in [-0.05, 0) is 29.8 Å². The number of benzene rings is 2. The van der Waals surface area contributed by atoms with E-state index in [0.717, 1.165) is 10.0 Å². The van der Waals surface area contributed by atoms with Crippen LogP contribution in [0.15, 0.2) is 52.1 Å². The van der Waals surface area contributed by atoms with E-state index in [4.69, 9.17) is 16.3 Å². The standard InChI is InChI=1S/C19H18BrClN4O2S/c1-25(10-12-5-3-4-6-15(12)20)17(26)11-28-19-22-18(23-24-19)14-9-13(21)7-8-16(14)27-2/h3-9H,10-11H2,1-2H3,(H,22,23,24). The smallest absolute Gasteiger partial charge is 0.233 e. The van der Waals surface area contributed by atoms with Gasteiger partial charge in [0.05, 0.1) is 18.4 Å². The van der Waals surface area contributed by atoms with Crippen molar-refractivity contribution in [1.29, 1.82) is 0 Å². The van der Waals surface area contributed by atoms with Gasteiger partial charge in [-0.2, -0.15) is 0 Å². The zero-order valence-corrected chi connectivity index (χ0v) is 18.4. The van der Waals surface area contributed by atoms with E-state index < -0.39 is 0 Å². The van der Waals surface area contributed by atoms with E-state index in [-0.39, 0.29) is 11.7 Å². The van der Waals surface area contributed by atoms with Crippen molar-refractivity contribution in [3.63, 3.8) is 0 Å². The maximum absolute atomic E-state index is 12.4. The fourth-order valence-corrected chi connectivity index (χ4v) is 3.82. The lowest BCUT2D eigenvalue weighted by atomic mass is 10.2. The van der Waals surface area contributed by atoms with Gasteiger partial charge in [0.25, 0.3) is 0 Å². The first kappa shape index (κ1) is 20.7. The number of nitrogens with zero attached hydrogens (tertiary/aromatic N) is 3. The predicted molar refractivity (Wildman–Crippen MR) is 115 cm³/mol. The lowest BCUT2D eigenvalue weighted by Gasteiger charge is -2.17. The van der Waals surface area contributed by atoms with Crippen LogP contribution in [0, 0.1) is 0 Å². The normalized spacial score (nSPS) is 10.7. The minimum absolute atomic E-state index is 0.00700. The SMILES string of the molecule is COc1ccc(Cl)cc1-c1nc(SCC(=O)N(C)Cc2ccccc2Br)n[nH]1. The van der Waals surface area contributed by atoms with Crippen LogP contribution in [-0.2, 0) is 11.3 Å². The molecule has 1 N–H and O–H groups in total. The average Bonchev–Trinajstić information content (AvgIpc) is 3.16. The summed E-state index contributed by atoms with van der Waals surface area (Å²) in [5, 5.41) is 8.11. The van der Waals surface area contributed by atoms with Gasteiger partial charge in [0.15, 0.2) is 5.82 Å². The molecule has 0 bridgehead atoms. The quantitative estimate of drug-likeness (QED) is 0.498. The molecule has 0 aliphatic heterocycles. The van der Waals surface area contributed by atoms with Crippen molar-refractivity contribution in [3.8, 4) is 17.1 Å². The first-order valence-corrected chi connectivity index (χ1v) is 10.5. The van der Waals surface area contributed by atoms with Gasteiger partial charge in [0.2, 0.25) is 11.1 Å². The summed E-state index contributed by atoms with van der Waals surface area (Å²) < 4.78 is 6.32. The fraction of sp³-hybridized carbons (Fsp3) is 0.211. The Kier molecular flexibility index (Phi) is 6.98. The highest BCUT2D eigenvalue weighted by molar-refractivity contribution is 9.10. The summed E-state index contributed by atoms with van der Waals surface area (Å²) >= 11 is 10.8. The van der Waals surface area contributed by atoms with Crippen LogP contribution in [0.25, 0.3) is 11.4 Å². The molecule has 0 spiro atoms. The second-order valence-corrected chi connectivity index (χ2v) is 8.17. The largest absolute Gasteiger partial charge is 0.496 e. The van der Waals surface area contributed by atoms with Gasteiger partial charge in [0, 0.05) is 23.1 Å². The Morgan fingerprint density at radius 1 is 1.32 bits per heavy atom. The second-order valence-electron chi connectivity index (χ2n) is 5.94. The van der Waals surface area contributed by atoms with Crippen LogP contribution in [-0.4, -0.2) is 45.9 Å². The number of aromatic amines is 1. The monoisotopic (exact) mass is 480 g/mol. The number of hydrogen-bond acceptors (Lipinski definition) is 5. The molecule has 2 aromatic carbocycles. The Morgan fingerprint density at radius 3 is 2.86 bits per heavy atom. The Bertz CT molecular complexity index is 982. The van der Waals surface area contributed by atoms with Crippen molar-refractivity contribution < 1.29 is 9.53 Å². The zero-order chi connectivity index (χ0) is 20.1. The van der Waals surface area contributed by atoms with Crippen LogP contribution in [0.1, 0.15) is 5.56 Å². The number of rotatable bonds is 7. The fourth-order valence-electron chi connectivity index (χ4n) is 2.50. The van der Waals surface area contributed by atoms with E-state index in [1.807, 2.05) is 24.3 Å². The van der Waals surface area contributed by atoms with Crippen LogP contribution in [0.3, 0.4) is 0 Å². The summed E-state index contributed by atoms with van der Waals surface area (Å²) in [5.74, 6) is 1.41. The Morgan fingerprint density at radius 2 is 2.11 bits per heavy atom. The molecule has 3 rings (SSSR count). The number of methoxy groups -OCH3 is 1. The maximum atomic E-state index is 12.4. The molecule has 6 nitrogen and oxygen atoms in total. The maximum Gasteiger partial charge on any atom is 0.233 e. The highest BCUT2D eigenvalue weighted by Crippen LogP contribution is 2.31. The lowest BCUT2D eigenvalue weighted by molar-refractivity contribution is -0.127. The summed E-state index contributed by atoms with van der Waals surface area (Å²) in [5.41, 5.74) is 1.77. The van der Waals surface area contributed by atoms with Crippen molar-refractivity contribution in [2.24, 2.45) is 0 Å². The number of amides is 1. The van der Waals surface area contributed by atoms with Crippen molar-refractivity contribution in [2.45, 2.75) is 11.7 Å². The van der Waals surface area contributed by atoms with Gasteiger partial charge < -0.3 is 9.64 Å². The number of nitrogens with one attached hydrogen (secondary N) is 1. The third kappa shape index (κ3) is 5.06. The van der Waals surface area contributed by atoms with Crippen LogP contribution >= 0.6 is 39.3 Å². The summed E-state index contributed by atoms with van der Waals surface area (Å²) in [7, 11) is 3.36. The third-order valence-corrected chi connectivity index (χ3v) is 5.84. The van der Waals surface area contributed by atoms with E-state index in [0.29, 0.717) is 33.9 Å². The number of H-pyrrole nitrogens is 1. The highest BCUT2D eigenvalue weighted by Gasteiger charge is 2.15. The van der Waals surface area contributed by atoms with Gasteiger partial charge in [0.1, 0.15) is 5.75 Å². The molecule has 0 fully saturated rings. The third-order valence-electron chi connectivity index (χ3n) is 4.00. The van der Waals surface area contributed by atoms with Gasteiger partial charge >= 0.3 is 0 Å². The molecule has 1 heterocycles. The van der Waals surface area contributed by atoms with Gasteiger partial charge in [-0.25, -0.2) is 4.98 Å². The first-order chi connectivity index (χ1) is 13.5. The minimum Gasteiger partial charge on any atom is -0.496 e. The molecule has 3 aromatic rings. The summed E-state index contributed by atoms with van der Waals surface area (Å²) in [4.78, 5) is 18.6. The zero-order valence-electron chi connectivity index (χ0n) is 15.3. The number of thioether (sulfide) groups is 1. The van der Waals surface area contributed by atoms with Gasteiger partial charge in [-0.3, -0.25) is 9.89 Å². The van der Waals surface area contributed by atoms with E-state index in [1.54, 1.807) is 37.3 Å². The summed E-state index contributed by atoms with van der Waals surface area (Å²) in [6, 6.07) is 13.1. The number of carbonyl (C=O) groups is 1. The molecule has 0 aliphatic carbocycles. The van der Waals surface area contributed by atoms with Gasteiger partial charge in [-0.15, -0.1) is 5.10 Å². The first-order valence-electron chi connectivity index (χ1n) is 8.34. The van der Waals surface area contributed by atoms with E-state index in [2.05, 4.69) is 31.1 Å². The van der Waals surface area contributed by atoms with Crippen molar-refractivity contribution in [2.75, 3.05) is 19.9 Å². The predicted octanol–water partition coefficient (Wildman–Crippen LogP) is 4.65. The molecular weight excluding hydrogens is 464 g/mol. The molecular formula is C19H18BrClN4O2S. The molecule has 9 heteroatoms. The second kappa shape index (κ2) is 9.45. The molecule has 146 valence electrons. The van der Waals surface area contributed by atoms with Crippen LogP contribution in [0.2, 0.25) is 5.02 Å². The number of halogens is 2. The molecule has 0 aliphatic rings. The molecule has 28 heavy (non-hydrogen) atoms. The van der Waals surface area contributed by atoms with E-state index in [9.17, 15) is 4.79 Å². The minimum atomic E-state index is -0.00700. The summed E-state index contributed by atoms with van der Waals surface area (Å²) in [6.07, 6.45) is 0. The number of hydrogen-bond donors (Lipinski definition) is 1. The average molecular weight is 482 g/mol. The molecule has 1 aromatic heterocycles. The molecule has 0 unspecified atom stereocenters. The Hall–Kier alpha value is -2.03.